The van der Waals surface area contributed by atoms with E-state index >= 15 is 0 Å². The van der Waals surface area contributed by atoms with Gasteiger partial charge < -0.3 is 10.6 Å². The number of carbonyl (C=O) groups is 1. The van der Waals surface area contributed by atoms with E-state index < -0.39 is 0 Å². The van der Waals surface area contributed by atoms with Crippen molar-refractivity contribution in [3.63, 3.8) is 0 Å². The van der Waals surface area contributed by atoms with E-state index in [0.717, 1.165) is 35.8 Å². The summed E-state index contributed by atoms with van der Waals surface area (Å²) in [5.74, 6) is 0.463. The molecule has 2 heterocycles. The van der Waals surface area contributed by atoms with Crippen LogP contribution in [0.3, 0.4) is 0 Å². The lowest BCUT2D eigenvalue weighted by Gasteiger charge is -2.30. The van der Waals surface area contributed by atoms with Gasteiger partial charge in [-0.15, -0.1) is 11.3 Å². The van der Waals surface area contributed by atoms with E-state index in [1.165, 1.54) is 11.3 Å². The quantitative estimate of drug-likeness (QED) is 0.891. The molecule has 1 saturated heterocycles. The Morgan fingerprint density at radius 1 is 1.39 bits per heavy atom. The summed E-state index contributed by atoms with van der Waals surface area (Å²) in [6, 6.07) is 7.70. The van der Waals surface area contributed by atoms with Gasteiger partial charge in [0.15, 0.2) is 0 Å². The first-order valence-electron chi connectivity index (χ1n) is 7.79. The summed E-state index contributed by atoms with van der Waals surface area (Å²) in [4.78, 5) is 17.8. The number of benzene rings is 1. The van der Waals surface area contributed by atoms with Crippen LogP contribution in [0.15, 0.2) is 24.3 Å². The highest BCUT2D eigenvalue weighted by Gasteiger charge is 2.25. The number of nitrogens with one attached hydrogen (secondary N) is 2. The van der Waals surface area contributed by atoms with Crippen molar-refractivity contribution in [2.45, 2.75) is 26.3 Å². The molecule has 0 saturated carbocycles. The van der Waals surface area contributed by atoms with Gasteiger partial charge >= 0.3 is 0 Å². The fourth-order valence-corrected chi connectivity index (χ4v) is 3.84. The Balaban J connectivity index is 1.77. The normalized spacial score (nSPS) is 21.2. The second kappa shape index (κ2) is 6.99. The largest absolute Gasteiger partial charge is 0.347 e. The average Bonchev–Trinajstić information content (AvgIpc) is 2.92. The molecule has 2 atom stereocenters. The topological polar surface area (TPSA) is 54.0 Å². The van der Waals surface area contributed by atoms with Gasteiger partial charge in [0, 0.05) is 23.2 Å². The van der Waals surface area contributed by atoms with E-state index in [-0.39, 0.29) is 11.9 Å². The molecule has 6 heteroatoms. The fraction of sp³-hybridized carbons (Fsp3) is 0.412. The van der Waals surface area contributed by atoms with Gasteiger partial charge in [-0.3, -0.25) is 4.79 Å². The highest BCUT2D eigenvalue weighted by molar-refractivity contribution is 7.17. The molecule has 1 aliphatic heterocycles. The molecule has 2 unspecified atom stereocenters. The summed E-state index contributed by atoms with van der Waals surface area (Å²) >= 11 is 7.35. The number of amides is 1. The number of carbonyl (C=O) groups excluding carboxylic acids is 1. The smallest absolute Gasteiger partial charge is 0.263 e. The number of halogens is 1. The Bertz CT molecular complexity index is 698. The molecule has 3 rings (SSSR count). The first-order valence-corrected chi connectivity index (χ1v) is 8.99. The zero-order valence-corrected chi connectivity index (χ0v) is 14.8. The van der Waals surface area contributed by atoms with E-state index in [1.54, 1.807) is 0 Å². The van der Waals surface area contributed by atoms with Crippen LogP contribution in [0.25, 0.3) is 10.6 Å². The average molecular weight is 350 g/mol. The Kier molecular flexibility index (Phi) is 4.99. The second-order valence-electron chi connectivity index (χ2n) is 5.99. The van der Waals surface area contributed by atoms with Gasteiger partial charge in [-0.25, -0.2) is 4.98 Å². The highest BCUT2D eigenvalue weighted by atomic mass is 35.5. The molecule has 0 aliphatic carbocycles. The molecule has 1 aromatic heterocycles. The zero-order valence-electron chi connectivity index (χ0n) is 13.2. The van der Waals surface area contributed by atoms with Crippen molar-refractivity contribution in [1.82, 2.24) is 15.6 Å². The minimum atomic E-state index is -0.0271. The predicted molar refractivity (Wildman–Crippen MR) is 95.2 cm³/mol. The third-order valence-corrected chi connectivity index (χ3v) is 5.70. The number of hydrogen-bond donors (Lipinski definition) is 2. The van der Waals surface area contributed by atoms with Gasteiger partial charge in [-0.1, -0.05) is 30.7 Å². The maximum absolute atomic E-state index is 12.6. The van der Waals surface area contributed by atoms with Crippen LogP contribution in [0.2, 0.25) is 5.02 Å². The lowest BCUT2D eigenvalue weighted by molar-refractivity contribution is 0.0918. The molecule has 2 aromatic rings. The molecule has 122 valence electrons. The van der Waals surface area contributed by atoms with Crippen LogP contribution in [0.4, 0.5) is 0 Å². The summed E-state index contributed by atoms with van der Waals surface area (Å²) in [5.41, 5.74) is 1.75. The zero-order chi connectivity index (χ0) is 16.4. The van der Waals surface area contributed by atoms with Crippen molar-refractivity contribution in [3.05, 3.63) is 39.9 Å². The monoisotopic (exact) mass is 349 g/mol. The summed E-state index contributed by atoms with van der Waals surface area (Å²) < 4.78 is 0. The number of aromatic nitrogens is 1. The molecule has 23 heavy (non-hydrogen) atoms. The number of nitrogens with zero attached hydrogens (tertiary/aromatic N) is 1. The molecule has 1 fully saturated rings. The van der Waals surface area contributed by atoms with Crippen molar-refractivity contribution < 1.29 is 4.79 Å². The molecular formula is C17H20ClN3OS. The van der Waals surface area contributed by atoms with Crippen molar-refractivity contribution in [1.29, 1.82) is 0 Å². The summed E-state index contributed by atoms with van der Waals surface area (Å²) in [6.07, 6.45) is 1.09. The third-order valence-electron chi connectivity index (χ3n) is 4.24. The Hall–Kier alpha value is -1.43. The fourth-order valence-electron chi connectivity index (χ4n) is 2.74. The Morgan fingerprint density at radius 3 is 2.83 bits per heavy atom. The molecule has 0 bridgehead atoms. The number of piperidine rings is 1. The predicted octanol–water partition coefficient (Wildman–Crippen LogP) is 3.50. The number of thiazole rings is 1. The summed E-state index contributed by atoms with van der Waals surface area (Å²) in [5, 5.41) is 8.02. The SMILES string of the molecule is Cc1nc(-c2ccc(Cl)cc2)sc1C(=O)NC1CNCCC1C. The van der Waals surface area contributed by atoms with E-state index in [2.05, 4.69) is 22.5 Å². The number of aryl methyl sites for hydroxylation is 1. The van der Waals surface area contributed by atoms with Gasteiger partial charge in [0.2, 0.25) is 0 Å². The molecular weight excluding hydrogens is 330 g/mol. The molecule has 2 N–H and O–H groups in total. The second-order valence-corrected chi connectivity index (χ2v) is 7.43. The number of hydrogen-bond acceptors (Lipinski definition) is 4. The van der Waals surface area contributed by atoms with Crippen LogP contribution < -0.4 is 10.6 Å². The van der Waals surface area contributed by atoms with Crippen LogP contribution in [-0.2, 0) is 0 Å². The van der Waals surface area contributed by atoms with Crippen molar-refractivity contribution in [2.75, 3.05) is 13.1 Å². The maximum atomic E-state index is 12.6. The van der Waals surface area contributed by atoms with Gasteiger partial charge in [0.1, 0.15) is 9.88 Å². The summed E-state index contributed by atoms with van der Waals surface area (Å²) in [7, 11) is 0. The van der Waals surface area contributed by atoms with E-state index in [0.29, 0.717) is 15.8 Å². The molecule has 0 spiro atoms. The first kappa shape index (κ1) is 16.4. The molecule has 1 aliphatic rings. The van der Waals surface area contributed by atoms with Crippen molar-refractivity contribution in [2.24, 2.45) is 5.92 Å². The van der Waals surface area contributed by atoms with Crippen LogP contribution in [-0.4, -0.2) is 30.0 Å². The van der Waals surface area contributed by atoms with Gasteiger partial charge in [0.05, 0.1) is 5.69 Å². The lowest BCUT2D eigenvalue weighted by atomic mass is 9.95. The van der Waals surface area contributed by atoms with Crippen LogP contribution >= 0.6 is 22.9 Å². The van der Waals surface area contributed by atoms with Gasteiger partial charge in [-0.2, -0.15) is 0 Å². The molecule has 1 aromatic carbocycles. The highest BCUT2D eigenvalue weighted by Crippen LogP contribution is 2.29. The van der Waals surface area contributed by atoms with Crippen molar-refractivity contribution >= 4 is 28.8 Å². The van der Waals surface area contributed by atoms with Gasteiger partial charge in [-0.05, 0) is 37.9 Å². The molecule has 1 amide bonds. The number of rotatable bonds is 3. The van der Waals surface area contributed by atoms with E-state index in [9.17, 15) is 4.79 Å². The Labute approximate surface area is 145 Å². The molecule has 4 nitrogen and oxygen atoms in total. The first-order chi connectivity index (χ1) is 11.0. The third kappa shape index (κ3) is 3.74. The molecule has 0 radical (unpaired) electrons. The maximum Gasteiger partial charge on any atom is 0.263 e. The summed E-state index contributed by atoms with van der Waals surface area (Å²) in [6.45, 7) is 5.92. The van der Waals surface area contributed by atoms with Crippen molar-refractivity contribution in [3.8, 4) is 10.6 Å². The lowest BCUT2D eigenvalue weighted by Crippen LogP contribution is -2.50. The minimum Gasteiger partial charge on any atom is -0.347 e. The van der Waals surface area contributed by atoms with Gasteiger partial charge in [0.25, 0.3) is 5.91 Å². The standard InChI is InChI=1S/C17H20ClN3OS/c1-10-7-8-19-9-14(10)21-16(22)15-11(2)20-17(23-15)12-3-5-13(18)6-4-12/h3-6,10,14,19H,7-9H2,1-2H3,(H,21,22). The van der Waals surface area contributed by atoms with Crippen LogP contribution in [0.1, 0.15) is 28.7 Å². The Morgan fingerprint density at radius 2 is 2.13 bits per heavy atom. The van der Waals surface area contributed by atoms with Crippen LogP contribution in [0.5, 0.6) is 0 Å². The van der Waals surface area contributed by atoms with E-state index in [1.807, 2.05) is 31.2 Å². The van der Waals surface area contributed by atoms with Crippen LogP contribution in [0, 0.1) is 12.8 Å². The minimum absolute atomic E-state index is 0.0271. The van der Waals surface area contributed by atoms with E-state index in [4.69, 9.17) is 11.6 Å².